The Kier molecular flexibility index (Phi) is 7.09. The molecule has 0 aliphatic carbocycles. The summed E-state index contributed by atoms with van der Waals surface area (Å²) in [6.07, 6.45) is 3.18. The van der Waals surface area contributed by atoms with Gasteiger partial charge in [-0.3, -0.25) is 9.59 Å². The second-order valence-electron chi connectivity index (χ2n) is 5.96. The van der Waals surface area contributed by atoms with E-state index in [0.717, 1.165) is 16.7 Å². The van der Waals surface area contributed by atoms with E-state index in [1.807, 2.05) is 31.2 Å². The number of aryl methyl sites for hydroxylation is 1. The fourth-order valence-electron chi connectivity index (χ4n) is 2.36. The van der Waals surface area contributed by atoms with Crippen LogP contribution in [0, 0.1) is 12.7 Å². The van der Waals surface area contributed by atoms with Crippen molar-refractivity contribution in [3.8, 4) is 0 Å². The van der Waals surface area contributed by atoms with Gasteiger partial charge in [-0.1, -0.05) is 42.0 Å². The van der Waals surface area contributed by atoms with Gasteiger partial charge in [0.2, 0.25) is 5.91 Å². The van der Waals surface area contributed by atoms with Gasteiger partial charge in [-0.15, -0.1) is 0 Å². The average Bonchev–Trinajstić information content (AvgIpc) is 2.65. The number of amides is 1. The van der Waals surface area contributed by atoms with Gasteiger partial charge < -0.3 is 9.64 Å². The van der Waals surface area contributed by atoms with Crippen molar-refractivity contribution in [3.63, 3.8) is 0 Å². The van der Waals surface area contributed by atoms with Gasteiger partial charge in [0.25, 0.3) is 0 Å². The topological polar surface area (TPSA) is 46.6 Å². The first kappa shape index (κ1) is 19.4. The second kappa shape index (κ2) is 9.51. The van der Waals surface area contributed by atoms with E-state index in [-0.39, 0.29) is 30.7 Å². The minimum atomic E-state index is -0.366. The van der Waals surface area contributed by atoms with Crippen molar-refractivity contribution in [3.05, 3.63) is 77.1 Å². The smallest absolute Gasteiger partial charge is 0.307 e. The Hall–Kier alpha value is -2.95. The van der Waals surface area contributed by atoms with Gasteiger partial charge in [0.05, 0.1) is 13.5 Å². The zero-order chi connectivity index (χ0) is 18.9. The van der Waals surface area contributed by atoms with Crippen molar-refractivity contribution in [1.82, 2.24) is 4.90 Å². The molecule has 0 fully saturated rings. The largest absolute Gasteiger partial charge is 0.469 e. The molecular weight excluding hydrogens is 333 g/mol. The summed E-state index contributed by atoms with van der Waals surface area (Å²) < 4.78 is 17.6. The molecule has 0 aromatic heterocycles. The number of hydrogen-bond acceptors (Lipinski definition) is 3. The number of nitrogens with zero attached hydrogens (tertiary/aromatic N) is 1. The maximum absolute atomic E-state index is 13.0. The minimum absolute atomic E-state index is 0.124. The monoisotopic (exact) mass is 355 g/mol. The normalized spacial score (nSPS) is 10.7. The first-order valence-corrected chi connectivity index (χ1v) is 8.33. The van der Waals surface area contributed by atoms with E-state index < -0.39 is 0 Å². The van der Waals surface area contributed by atoms with Crippen molar-refractivity contribution in [2.45, 2.75) is 19.9 Å². The second-order valence-corrected chi connectivity index (χ2v) is 5.96. The highest BCUT2D eigenvalue weighted by molar-refractivity contribution is 5.92. The maximum Gasteiger partial charge on any atom is 0.307 e. The number of methoxy groups -OCH3 is 1. The molecule has 0 unspecified atom stereocenters. The lowest BCUT2D eigenvalue weighted by Crippen LogP contribution is -2.31. The van der Waals surface area contributed by atoms with Gasteiger partial charge in [0.1, 0.15) is 5.82 Å². The number of ether oxygens (including phenoxy) is 1. The van der Waals surface area contributed by atoms with Crippen LogP contribution in [0.15, 0.2) is 54.6 Å². The predicted octanol–water partition coefficient (Wildman–Crippen LogP) is 3.74. The van der Waals surface area contributed by atoms with E-state index in [1.165, 1.54) is 25.3 Å². The Balaban J connectivity index is 2.09. The summed E-state index contributed by atoms with van der Waals surface area (Å²) in [6, 6.07) is 13.7. The summed E-state index contributed by atoms with van der Waals surface area (Å²) in [5, 5.41) is 0. The molecule has 4 nitrogen and oxygen atoms in total. The number of benzene rings is 2. The molecule has 0 atom stereocenters. The zero-order valence-electron chi connectivity index (χ0n) is 14.9. The van der Waals surface area contributed by atoms with E-state index in [1.54, 1.807) is 23.1 Å². The summed E-state index contributed by atoms with van der Waals surface area (Å²) >= 11 is 0. The average molecular weight is 355 g/mol. The van der Waals surface area contributed by atoms with Crippen LogP contribution >= 0.6 is 0 Å². The SMILES string of the molecule is COC(=O)CCN(Cc1ccc(C)cc1)C(=O)/C=C/c1ccc(F)cc1. The Bertz CT molecular complexity index is 767. The molecule has 2 aromatic carbocycles. The van der Waals surface area contributed by atoms with Crippen molar-refractivity contribution in [1.29, 1.82) is 0 Å². The van der Waals surface area contributed by atoms with E-state index in [9.17, 15) is 14.0 Å². The first-order valence-electron chi connectivity index (χ1n) is 8.33. The molecule has 0 heterocycles. The van der Waals surface area contributed by atoms with Crippen LogP contribution in [0.5, 0.6) is 0 Å². The fraction of sp³-hybridized carbons (Fsp3) is 0.238. The molecule has 0 aliphatic rings. The van der Waals surface area contributed by atoms with Gasteiger partial charge in [0, 0.05) is 19.2 Å². The van der Waals surface area contributed by atoms with Crippen LogP contribution < -0.4 is 0 Å². The standard InChI is InChI=1S/C21H22FNO3/c1-16-3-5-18(6-4-16)15-23(14-13-21(25)26-2)20(24)12-9-17-7-10-19(22)11-8-17/h3-12H,13-15H2,1-2H3/b12-9+. The first-order chi connectivity index (χ1) is 12.5. The van der Waals surface area contributed by atoms with Crippen molar-refractivity contribution < 1.29 is 18.7 Å². The lowest BCUT2D eigenvalue weighted by molar-refractivity contribution is -0.141. The molecule has 2 rings (SSSR count). The van der Waals surface area contributed by atoms with Gasteiger partial charge in [-0.25, -0.2) is 4.39 Å². The molecule has 5 heteroatoms. The Morgan fingerprint density at radius 3 is 2.35 bits per heavy atom. The Morgan fingerprint density at radius 1 is 1.08 bits per heavy atom. The number of carbonyl (C=O) groups excluding carboxylic acids is 2. The van der Waals surface area contributed by atoms with Crippen LogP contribution in [0.1, 0.15) is 23.1 Å². The molecule has 26 heavy (non-hydrogen) atoms. The molecule has 0 saturated carbocycles. The van der Waals surface area contributed by atoms with Gasteiger partial charge in [0.15, 0.2) is 0 Å². The van der Waals surface area contributed by atoms with Gasteiger partial charge in [-0.05, 0) is 36.3 Å². The number of esters is 1. The van der Waals surface area contributed by atoms with E-state index >= 15 is 0 Å². The van der Waals surface area contributed by atoms with Crippen molar-refractivity contribution in [2.75, 3.05) is 13.7 Å². The predicted molar refractivity (Wildman–Crippen MR) is 98.7 cm³/mol. The highest BCUT2D eigenvalue weighted by atomic mass is 19.1. The highest BCUT2D eigenvalue weighted by Gasteiger charge is 2.13. The fourth-order valence-corrected chi connectivity index (χ4v) is 2.36. The van der Waals surface area contributed by atoms with Crippen LogP contribution in [0.2, 0.25) is 0 Å². The third kappa shape index (κ3) is 6.16. The molecule has 0 aliphatic heterocycles. The van der Waals surface area contributed by atoms with Crippen molar-refractivity contribution in [2.24, 2.45) is 0 Å². The van der Waals surface area contributed by atoms with Crippen LogP contribution in [0.4, 0.5) is 4.39 Å². The molecule has 136 valence electrons. The molecule has 0 bridgehead atoms. The Morgan fingerprint density at radius 2 is 1.73 bits per heavy atom. The lowest BCUT2D eigenvalue weighted by Gasteiger charge is -2.21. The Labute approximate surface area is 152 Å². The number of carbonyl (C=O) groups is 2. The number of rotatable bonds is 7. The van der Waals surface area contributed by atoms with Crippen molar-refractivity contribution >= 4 is 18.0 Å². The van der Waals surface area contributed by atoms with Crippen LogP contribution in [-0.2, 0) is 20.9 Å². The summed E-state index contributed by atoms with van der Waals surface area (Å²) in [7, 11) is 1.32. The summed E-state index contributed by atoms with van der Waals surface area (Å²) in [5.41, 5.74) is 2.84. The minimum Gasteiger partial charge on any atom is -0.469 e. The molecular formula is C21H22FNO3. The van der Waals surface area contributed by atoms with E-state index in [4.69, 9.17) is 0 Å². The molecule has 0 N–H and O–H groups in total. The molecule has 0 saturated heterocycles. The van der Waals surface area contributed by atoms with Crippen LogP contribution in [0.25, 0.3) is 6.08 Å². The summed E-state index contributed by atoms with van der Waals surface area (Å²) in [6.45, 7) is 2.65. The molecule has 2 aromatic rings. The summed E-state index contributed by atoms with van der Waals surface area (Å²) in [5.74, 6) is -0.916. The quantitative estimate of drug-likeness (QED) is 0.561. The number of hydrogen-bond donors (Lipinski definition) is 0. The highest BCUT2D eigenvalue weighted by Crippen LogP contribution is 2.10. The lowest BCUT2D eigenvalue weighted by atomic mass is 10.1. The molecule has 0 spiro atoms. The van der Waals surface area contributed by atoms with Gasteiger partial charge >= 0.3 is 5.97 Å². The van der Waals surface area contributed by atoms with Crippen LogP contribution in [-0.4, -0.2) is 30.4 Å². The van der Waals surface area contributed by atoms with E-state index in [2.05, 4.69) is 4.74 Å². The third-order valence-corrected chi connectivity index (χ3v) is 3.91. The molecule has 0 radical (unpaired) electrons. The molecule has 1 amide bonds. The van der Waals surface area contributed by atoms with E-state index in [0.29, 0.717) is 6.54 Å². The third-order valence-electron chi connectivity index (χ3n) is 3.91. The van der Waals surface area contributed by atoms with Crippen LogP contribution in [0.3, 0.4) is 0 Å². The van der Waals surface area contributed by atoms with Gasteiger partial charge in [-0.2, -0.15) is 0 Å². The summed E-state index contributed by atoms with van der Waals surface area (Å²) in [4.78, 5) is 25.6. The maximum atomic E-state index is 13.0. The number of halogens is 1. The zero-order valence-corrected chi connectivity index (χ0v) is 14.9.